The Balaban J connectivity index is 0.000000126. The van der Waals surface area contributed by atoms with Gasteiger partial charge in [-0.25, -0.2) is 0 Å². The van der Waals surface area contributed by atoms with E-state index in [9.17, 15) is 0 Å². The first-order valence-electron chi connectivity index (χ1n) is 43.8. The minimum atomic E-state index is 0.161. The lowest BCUT2D eigenvalue weighted by molar-refractivity contribution is -0.201. The standard InChI is InChI=1S/5C10H19NO.4C9H17NO/c1-9(2)11-6-3-10(11)4-7-12-8-5-10;1-9(2)11-5-3-10(7-11)4-6-12-8-10;1-9(2)11-7-3-5-10(11)6-4-8-12-10;1-9(2)11-6-5-10(8-11)4-3-7-12-10;1-9(2)11-6-3-4-10(11)5-7-12-8-10;1-8(2)10-5-3-9(10)4-6-11-7-9;1-8(2)10-5-9(6-10)3-4-11-7-9;1-8(2)10-6-5-9(10)4-3-7-11-9;1-8(2)10-6-9(7-10)4-3-5-11-9/h5*9H,3-8H2,1-2H3;4*8H,3-7H2,1-2H3. The van der Waals surface area contributed by atoms with Crippen molar-refractivity contribution in [2.24, 2.45) is 10.8 Å². The van der Waals surface area contributed by atoms with Crippen LogP contribution >= 0.6 is 0 Å². The molecule has 0 aromatic carbocycles. The second kappa shape index (κ2) is 37.9. The van der Waals surface area contributed by atoms with E-state index in [0.29, 0.717) is 75.3 Å². The summed E-state index contributed by atoms with van der Waals surface area (Å²) in [5, 5.41) is 0. The Bertz CT molecular complexity index is 2290. The molecule has 0 saturated carbocycles. The molecule has 0 radical (unpaired) electrons. The predicted octanol–water partition coefficient (Wildman–Crippen LogP) is 13.7. The average molecular weight is 1470 g/mol. The molecule has 18 fully saturated rings. The van der Waals surface area contributed by atoms with E-state index in [1.54, 1.807) is 0 Å². The quantitative estimate of drug-likeness (QED) is 0.218. The number of ether oxygens (including phenoxy) is 9. The van der Waals surface area contributed by atoms with Crippen LogP contribution in [0.2, 0.25) is 0 Å². The molecule has 0 bridgehead atoms. The molecule has 18 saturated heterocycles. The van der Waals surface area contributed by atoms with E-state index in [2.05, 4.69) is 169 Å². The van der Waals surface area contributed by atoms with Gasteiger partial charge in [0.1, 0.15) is 11.4 Å². The Morgan fingerprint density at radius 3 is 0.981 bits per heavy atom. The van der Waals surface area contributed by atoms with Crippen LogP contribution in [0, 0.1) is 10.8 Å². The molecule has 6 unspecified atom stereocenters. The van der Waals surface area contributed by atoms with Crippen molar-refractivity contribution in [1.29, 1.82) is 0 Å². The van der Waals surface area contributed by atoms with E-state index in [4.69, 9.17) is 42.6 Å². The van der Waals surface area contributed by atoms with Crippen molar-refractivity contribution in [1.82, 2.24) is 44.1 Å². The summed E-state index contributed by atoms with van der Waals surface area (Å²) >= 11 is 0. The SMILES string of the molecule is CC(C)N1CC2(CCCO2)C1.CC(C)N1CC2(CCOC2)C1.CC(C)N1CCC12CCCO2.CC(C)N1CCC12CCOC2.CC(C)N1CCC12CCOCC2.CC(C)N1CCC2(CCCO2)C1.CC(C)N1CCC2(CCOC2)C1.CC(C)N1CCCC12CCCO2.CC(C)N1CCCC12CCOC2. The largest absolute Gasteiger partial charge is 0.381 e. The summed E-state index contributed by atoms with van der Waals surface area (Å²) in [4.78, 5) is 23.0. The number of rotatable bonds is 9. The van der Waals surface area contributed by atoms with Gasteiger partial charge in [-0.05, 0) is 279 Å². The van der Waals surface area contributed by atoms with Gasteiger partial charge in [-0.3, -0.25) is 39.2 Å². The Morgan fingerprint density at radius 1 is 0.212 bits per heavy atom. The van der Waals surface area contributed by atoms with E-state index in [1.807, 2.05) is 0 Å². The minimum absolute atomic E-state index is 0.161. The zero-order valence-corrected chi connectivity index (χ0v) is 70.8. The first-order chi connectivity index (χ1) is 49.6. The van der Waals surface area contributed by atoms with Crippen molar-refractivity contribution in [3.63, 3.8) is 0 Å². The molecule has 0 N–H and O–H groups in total. The van der Waals surface area contributed by atoms with Crippen LogP contribution in [0.25, 0.3) is 0 Å². The maximum Gasteiger partial charge on any atom is 0.123 e. The molecule has 9 spiro atoms. The fraction of sp³-hybridized carbons (Fsp3) is 1.00. The van der Waals surface area contributed by atoms with Gasteiger partial charge in [-0.1, -0.05) is 0 Å². The van der Waals surface area contributed by atoms with Crippen LogP contribution < -0.4 is 0 Å². The third-order valence-corrected chi connectivity index (χ3v) is 28.7. The Labute approximate surface area is 638 Å². The molecule has 0 aliphatic carbocycles. The zero-order chi connectivity index (χ0) is 74.6. The van der Waals surface area contributed by atoms with Gasteiger partial charge < -0.3 is 47.5 Å². The van der Waals surface area contributed by atoms with Gasteiger partial charge in [0, 0.05) is 226 Å². The van der Waals surface area contributed by atoms with Crippen LogP contribution in [0.15, 0.2) is 0 Å². The fourth-order valence-corrected chi connectivity index (χ4v) is 21.8. The molecule has 0 amide bonds. The molecule has 6 atom stereocenters. The van der Waals surface area contributed by atoms with Gasteiger partial charge in [0.2, 0.25) is 0 Å². The molecule has 18 heterocycles. The molecule has 0 aromatic rings. The zero-order valence-electron chi connectivity index (χ0n) is 70.8. The minimum Gasteiger partial charge on any atom is -0.381 e. The molecule has 18 rings (SSSR count). The Hall–Kier alpha value is -0.720. The molecule has 18 aliphatic heterocycles. The van der Waals surface area contributed by atoms with Crippen molar-refractivity contribution < 1.29 is 42.6 Å². The number of nitrogens with zero attached hydrogens (tertiary/aromatic N) is 9. The van der Waals surface area contributed by atoms with Gasteiger partial charge in [0.15, 0.2) is 0 Å². The van der Waals surface area contributed by atoms with E-state index >= 15 is 0 Å². The molecule has 606 valence electrons. The van der Waals surface area contributed by atoms with Gasteiger partial charge in [0.05, 0.1) is 37.6 Å². The van der Waals surface area contributed by atoms with Crippen molar-refractivity contribution >= 4 is 0 Å². The second-order valence-corrected chi connectivity index (χ2v) is 38.6. The highest BCUT2D eigenvalue weighted by atomic mass is 16.5. The van der Waals surface area contributed by atoms with Crippen LogP contribution in [-0.4, -0.2) is 315 Å². The summed E-state index contributed by atoms with van der Waals surface area (Å²) in [7, 11) is 0. The maximum atomic E-state index is 5.90. The van der Waals surface area contributed by atoms with Gasteiger partial charge in [-0.2, -0.15) is 0 Å². The molecule has 18 aliphatic rings. The van der Waals surface area contributed by atoms with E-state index in [0.717, 1.165) is 105 Å². The normalized spacial score (nSPS) is 35.0. The monoisotopic (exact) mass is 1470 g/mol. The number of hydrogen-bond donors (Lipinski definition) is 0. The van der Waals surface area contributed by atoms with Gasteiger partial charge in [-0.15, -0.1) is 0 Å². The molecule has 104 heavy (non-hydrogen) atoms. The topological polar surface area (TPSA) is 112 Å². The van der Waals surface area contributed by atoms with E-state index < -0.39 is 0 Å². The lowest BCUT2D eigenvalue weighted by Crippen LogP contribution is -2.64. The number of hydrogen-bond acceptors (Lipinski definition) is 18. The first-order valence-corrected chi connectivity index (χ1v) is 43.8. The smallest absolute Gasteiger partial charge is 0.123 e. The van der Waals surface area contributed by atoms with Crippen LogP contribution in [0.3, 0.4) is 0 Å². The highest BCUT2D eigenvalue weighted by Crippen LogP contribution is 2.46. The van der Waals surface area contributed by atoms with Crippen LogP contribution in [0.5, 0.6) is 0 Å². The summed E-state index contributed by atoms with van der Waals surface area (Å²) in [5.74, 6) is 0. The lowest BCUT2D eigenvalue weighted by atomic mass is 9.77. The van der Waals surface area contributed by atoms with Crippen molar-refractivity contribution in [2.75, 3.05) is 178 Å². The summed E-state index contributed by atoms with van der Waals surface area (Å²) in [6, 6.07) is 6.23. The summed E-state index contributed by atoms with van der Waals surface area (Å²) in [5.41, 5.74) is 3.49. The summed E-state index contributed by atoms with van der Waals surface area (Å²) in [6.45, 7) is 70.9. The number of likely N-dealkylation sites (tertiary alicyclic amines) is 9. The predicted molar refractivity (Wildman–Crippen MR) is 424 cm³/mol. The third-order valence-electron chi connectivity index (χ3n) is 28.7. The first kappa shape index (κ1) is 85.7. The lowest BCUT2D eigenvalue weighted by Gasteiger charge is -2.57. The summed E-state index contributed by atoms with van der Waals surface area (Å²) < 4.78 is 50.5. The van der Waals surface area contributed by atoms with E-state index in [-0.39, 0.29) is 17.1 Å². The Morgan fingerprint density at radius 2 is 0.567 bits per heavy atom. The van der Waals surface area contributed by atoms with E-state index in [1.165, 1.54) is 233 Å². The molecule has 18 heteroatoms. The van der Waals surface area contributed by atoms with Crippen LogP contribution in [-0.2, 0) is 42.6 Å². The van der Waals surface area contributed by atoms with Crippen molar-refractivity contribution in [3.05, 3.63) is 0 Å². The fourth-order valence-electron chi connectivity index (χ4n) is 21.8. The third kappa shape index (κ3) is 20.8. The molecule has 18 nitrogen and oxygen atoms in total. The summed E-state index contributed by atoms with van der Waals surface area (Å²) in [6.07, 6.45) is 29.6. The Kier molecular flexibility index (Phi) is 31.3. The van der Waals surface area contributed by atoms with Crippen LogP contribution in [0.4, 0.5) is 0 Å². The van der Waals surface area contributed by atoms with Crippen LogP contribution in [0.1, 0.15) is 272 Å². The maximum absolute atomic E-state index is 5.90. The highest BCUT2D eigenvalue weighted by Gasteiger charge is 2.53. The second-order valence-electron chi connectivity index (χ2n) is 38.6. The average Bonchev–Trinajstić information content (AvgIpc) is 0.820. The van der Waals surface area contributed by atoms with Crippen molar-refractivity contribution in [2.45, 2.75) is 366 Å². The molecular formula is C86H163N9O9. The van der Waals surface area contributed by atoms with Crippen molar-refractivity contribution in [3.8, 4) is 0 Å². The molecular weight excluding hydrogens is 1300 g/mol. The highest BCUT2D eigenvalue weighted by molar-refractivity contribution is 5.06. The van der Waals surface area contributed by atoms with Gasteiger partial charge in [0.25, 0.3) is 0 Å². The van der Waals surface area contributed by atoms with Gasteiger partial charge >= 0.3 is 0 Å². The molecule has 0 aromatic heterocycles.